The van der Waals surface area contributed by atoms with E-state index >= 15 is 0 Å². The highest BCUT2D eigenvalue weighted by molar-refractivity contribution is 7.99. The van der Waals surface area contributed by atoms with E-state index in [0.29, 0.717) is 22.4 Å². The summed E-state index contributed by atoms with van der Waals surface area (Å²) in [6.07, 6.45) is 8.56. The second-order valence-corrected chi connectivity index (χ2v) is 9.60. The Morgan fingerprint density at radius 3 is 2.62 bits per heavy atom. The van der Waals surface area contributed by atoms with Crippen molar-refractivity contribution in [1.82, 2.24) is 15.3 Å². The van der Waals surface area contributed by atoms with Crippen LogP contribution in [0.2, 0.25) is 0 Å². The number of carbonyl (C=O) groups excluding carboxylic acids is 1. The van der Waals surface area contributed by atoms with Crippen LogP contribution in [0, 0.1) is 0 Å². The number of alkyl halides is 3. The van der Waals surface area contributed by atoms with Crippen LogP contribution in [0.1, 0.15) is 64.4 Å². The number of anilines is 1. The van der Waals surface area contributed by atoms with Crippen LogP contribution < -0.4 is 10.6 Å². The van der Waals surface area contributed by atoms with Gasteiger partial charge < -0.3 is 10.6 Å². The highest BCUT2D eigenvalue weighted by Crippen LogP contribution is 2.31. The molecule has 5 nitrogen and oxygen atoms in total. The maximum atomic E-state index is 12.5. The van der Waals surface area contributed by atoms with Crippen LogP contribution in [-0.4, -0.2) is 46.8 Å². The van der Waals surface area contributed by atoms with E-state index in [2.05, 4.69) is 34.1 Å². The van der Waals surface area contributed by atoms with Crippen LogP contribution in [0.15, 0.2) is 41.2 Å². The van der Waals surface area contributed by atoms with Gasteiger partial charge in [-0.3, -0.25) is 4.79 Å². The SMILES string of the molecule is C=Cc1c(NC2CCCC(NC/C(C)=C/C=C(/C=O)CC)CC2)ncnc1SCCC(F)(F)F. The number of thioether (sulfide) groups is 1. The fourth-order valence-electron chi connectivity index (χ4n) is 3.75. The summed E-state index contributed by atoms with van der Waals surface area (Å²) < 4.78 is 37.5. The van der Waals surface area contributed by atoms with Gasteiger partial charge >= 0.3 is 6.18 Å². The summed E-state index contributed by atoms with van der Waals surface area (Å²) in [5.41, 5.74) is 2.62. The number of halogens is 3. The second kappa shape index (κ2) is 14.3. The predicted octanol–water partition coefficient (Wildman–Crippen LogP) is 6.35. The van der Waals surface area contributed by atoms with Gasteiger partial charge in [-0.15, -0.1) is 11.8 Å². The normalized spacial score (nSPS) is 20.0. The first-order valence-corrected chi connectivity index (χ1v) is 12.7. The summed E-state index contributed by atoms with van der Waals surface area (Å²) in [5.74, 6) is 0.541. The molecule has 0 saturated heterocycles. The fourth-order valence-corrected chi connectivity index (χ4v) is 4.74. The number of hydrogen-bond donors (Lipinski definition) is 2. The van der Waals surface area contributed by atoms with Crippen LogP contribution >= 0.6 is 11.8 Å². The lowest BCUT2D eigenvalue weighted by molar-refractivity contribution is -0.129. The first kappa shape index (κ1) is 28.1. The van der Waals surface area contributed by atoms with E-state index in [1.807, 2.05) is 19.1 Å². The maximum absolute atomic E-state index is 12.5. The van der Waals surface area contributed by atoms with Crippen molar-refractivity contribution in [2.24, 2.45) is 0 Å². The third-order valence-corrected chi connectivity index (χ3v) is 6.80. The number of aldehydes is 1. The number of aromatic nitrogens is 2. The number of rotatable bonds is 12. The lowest BCUT2D eigenvalue weighted by Gasteiger charge is -2.20. The Hall–Kier alpha value is -2.13. The average Bonchev–Trinajstić information content (AvgIpc) is 3.03. The van der Waals surface area contributed by atoms with E-state index in [1.54, 1.807) is 6.08 Å². The molecule has 1 fully saturated rings. The molecule has 2 rings (SSSR count). The van der Waals surface area contributed by atoms with Crippen molar-refractivity contribution in [2.75, 3.05) is 17.6 Å². The van der Waals surface area contributed by atoms with E-state index in [9.17, 15) is 18.0 Å². The van der Waals surface area contributed by atoms with Crippen molar-refractivity contribution >= 4 is 29.9 Å². The molecule has 188 valence electrons. The van der Waals surface area contributed by atoms with Gasteiger partial charge in [-0.25, -0.2) is 9.97 Å². The zero-order valence-corrected chi connectivity index (χ0v) is 20.8. The van der Waals surface area contributed by atoms with Gasteiger partial charge in [-0.2, -0.15) is 13.2 Å². The minimum absolute atomic E-state index is 0.0872. The lowest BCUT2D eigenvalue weighted by Crippen LogP contribution is -2.30. The molecule has 2 atom stereocenters. The molecule has 1 heterocycles. The van der Waals surface area contributed by atoms with Crippen LogP contribution in [0.5, 0.6) is 0 Å². The van der Waals surface area contributed by atoms with E-state index in [4.69, 9.17) is 0 Å². The number of hydrogen-bond acceptors (Lipinski definition) is 6. The molecule has 1 saturated carbocycles. The van der Waals surface area contributed by atoms with Crippen molar-refractivity contribution in [2.45, 2.75) is 82.1 Å². The number of carbonyl (C=O) groups is 1. The summed E-state index contributed by atoms with van der Waals surface area (Å²) in [5, 5.41) is 7.62. The summed E-state index contributed by atoms with van der Waals surface area (Å²) >= 11 is 1.08. The molecule has 0 bridgehead atoms. The van der Waals surface area contributed by atoms with Gasteiger partial charge in [0.15, 0.2) is 0 Å². The van der Waals surface area contributed by atoms with E-state index < -0.39 is 12.6 Å². The Bertz CT molecular complexity index is 870. The zero-order chi connectivity index (χ0) is 25.0. The molecule has 34 heavy (non-hydrogen) atoms. The predicted molar refractivity (Wildman–Crippen MR) is 134 cm³/mol. The van der Waals surface area contributed by atoms with Gasteiger partial charge in [0.25, 0.3) is 0 Å². The molecule has 0 amide bonds. The molecule has 1 aliphatic rings. The molecule has 2 N–H and O–H groups in total. The summed E-state index contributed by atoms with van der Waals surface area (Å²) in [6.45, 7) is 8.61. The minimum Gasteiger partial charge on any atom is -0.367 e. The number of nitrogens with one attached hydrogen (secondary N) is 2. The molecule has 0 aliphatic heterocycles. The van der Waals surface area contributed by atoms with Crippen LogP contribution in [0.4, 0.5) is 19.0 Å². The quantitative estimate of drug-likeness (QED) is 0.0878. The highest BCUT2D eigenvalue weighted by atomic mass is 32.2. The van der Waals surface area contributed by atoms with Crippen molar-refractivity contribution in [1.29, 1.82) is 0 Å². The fraction of sp³-hybridized carbons (Fsp3) is 0.560. The molecule has 1 aromatic rings. The third kappa shape index (κ3) is 10.0. The topological polar surface area (TPSA) is 66.9 Å². The average molecular weight is 497 g/mol. The second-order valence-electron chi connectivity index (χ2n) is 8.51. The number of allylic oxidation sites excluding steroid dienone is 3. The molecule has 0 radical (unpaired) electrons. The van der Waals surface area contributed by atoms with Crippen molar-refractivity contribution < 1.29 is 18.0 Å². The van der Waals surface area contributed by atoms with Crippen molar-refractivity contribution in [3.8, 4) is 0 Å². The Morgan fingerprint density at radius 2 is 1.94 bits per heavy atom. The molecule has 1 aromatic heterocycles. The van der Waals surface area contributed by atoms with E-state index in [1.165, 1.54) is 11.9 Å². The molecular weight excluding hydrogens is 461 g/mol. The monoisotopic (exact) mass is 496 g/mol. The maximum Gasteiger partial charge on any atom is 0.389 e. The Morgan fingerprint density at radius 1 is 1.21 bits per heavy atom. The van der Waals surface area contributed by atoms with Gasteiger partial charge in [-0.05, 0) is 51.0 Å². The Labute approximate surface area is 204 Å². The van der Waals surface area contributed by atoms with Crippen LogP contribution in [0.25, 0.3) is 6.08 Å². The first-order chi connectivity index (χ1) is 16.3. The summed E-state index contributed by atoms with van der Waals surface area (Å²) in [6, 6.07) is 0.640. The number of nitrogens with zero attached hydrogens (tertiary/aromatic N) is 2. The third-order valence-electron chi connectivity index (χ3n) is 5.80. The van der Waals surface area contributed by atoms with Crippen LogP contribution in [-0.2, 0) is 4.79 Å². The van der Waals surface area contributed by atoms with Crippen molar-refractivity contribution in [3.05, 3.63) is 41.8 Å². The molecule has 2 unspecified atom stereocenters. The van der Waals surface area contributed by atoms with E-state index in [-0.39, 0.29) is 11.8 Å². The van der Waals surface area contributed by atoms with Gasteiger partial charge in [0.2, 0.25) is 0 Å². The minimum atomic E-state index is -4.18. The smallest absolute Gasteiger partial charge is 0.367 e. The zero-order valence-electron chi connectivity index (χ0n) is 20.0. The van der Waals surface area contributed by atoms with Crippen LogP contribution in [0.3, 0.4) is 0 Å². The molecule has 0 spiro atoms. The first-order valence-electron chi connectivity index (χ1n) is 11.7. The molecule has 1 aliphatic carbocycles. The van der Waals surface area contributed by atoms with Crippen molar-refractivity contribution in [3.63, 3.8) is 0 Å². The van der Waals surface area contributed by atoms with Gasteiger partial charge in [0.05, 0.1) is 6.42 Å². The Balaban J connectivity index is 1.90. The molecule has 9 heteroatoms. The van der Waals surface area contributed by atoms with Gasteiger partial charge in [0, 0.05) is 29.9 Å². The molecular formula is C25H35F3N4OS. The van der Waals surface area contributed by atoms with Gasteiger partial charge in [0.1, 0.15) is 23.5 Å². The highest BCUT2D eigenvalue weighted by Gasteiger charge is 2.27. The summed E-state index contributed by atoms with van der Waals surface area (Å²) in [4.78, 5) is 19.4. The van der Waals surface area contributed by atoms with Gasteiger partial charge in [-0.1, -0.05) is 37.3 Å². The largest absolute Gasteiger partial charge is 0.389 e. The molecule has 0 aromatic carbocycles. The standard InChI is InChI=1S/C25H35F3N4OS/c1-4-19(16-33)10-9-18(3)15-29-20-7-6-8-21(12-11-20)32-23-22(5-2)24(31-17-30-23)34-14-13-25(26,27)28/h5,9-10,16-17,20-21,29H,2,4,6-8,11-15H2,1,3H3,(H,30,31,32)/b18-9+,19-10+. The summed E-state index contributed by atoms with van der Waals surface area (Å²) in [7, 11) is 0. The van der Waals surface area contributed by atoms with E-state index in [0.717, 1.165) is 68.7 Å². The lowest BCUT2D eigenvalue weighted by atomic mass is 10.1. The Kier molecular flexibility index (Phi) is 11.8.